The zero-order valence-electron chi connectivity index (χ0n) is 8.40. The number of rotatable bonds is 5. The monoisotopic (exact) mass is 197 g/mol. The van der Waals surface area contributed by atoms with E-state index in [0.717, 1.165) is 0 Å². The van der Waals surface area contributed by atoms with E-state index in [1.807, 2.05) is 6.92 Å². The largest absolute Gasteiger partial charge is 0.353 e. The molecule has 1 amide bonds. The van der Waals surface area contributed by atoms with Crippen LogP contribution in [-0.2, 0) is 11.3 Å². The third kappa shape index (κ3) is 3.14. The topological polar surface area (TPSA) is 71.8 Å². The first-order chi connectivity index (χ1) is 6.74. The average Bonchev–Trinajstić information content (AvgIpc) is 2.69. The van der Waals surface area contributed by atoms with Crippen molar-refractivity contribution >= 4 is 5.91 Å². The lowest BCUT2D eigenvalue weighted by Crippen LogP contribution is -2.41. The quantitative estimate of drug-likeness (QED) is 0.635. The molecule has 1 heterocycles. The van der Waals surface area contributed by atoms with E-state index >= 15 is 0 Å². The van der Waals surface area contributed by atoms with Crippen LogP contribution in [0, 0.1) is 0 Å². The molecule has 14 heavy (non-hydrogen) atoms. The van der Waals surface area contributed by atoms with Crippen LogP contribution in [0.25, 0.3) is 0 Å². The molecule has 1 unspecified atom stereocenters. The summed E-state index contributed by atoms with van der Waals surface area (Å²) < 4.78 is 1.67. The van der Waals surface area contributed by atoms with Gasteiger partial charge in [-0.25, -0.2) is 0 Å². The van der Waals surface area contributed by atoms with Gasteiger partial charge in [0.2, 0.25) is 5.91 Å². The van der Waals surface area contributed by atoms with Gasteiger partial charge < -0.3 is 10.6 Å². The van der Waals surface area contributed by atoms with Gasteiger partial charge in [-0.3, -0.25) is 9.48 Å². The molecule has 0 saturated carbocycles. The van der Waals surface area contributed by atoms with Crippen LogP contribution in [-0.4, -0.2) is 40.5 Å². The highest BCUT2D eigenvalue weighted by atomic mass is 16.2. The Labute approximate surface area is 82.7 Å². The third-order valence-corrected chi connectivity index (χ3v) is 1.94. The normalized spacial score (nSPS) is 12.4. The predicted molar refractivity (Wildman–Crippen MR) is 51.6 cm³/mol. The van der Waals surface area contributed by atoms with E-state index < -0.39 is 0 Å². The number of hydrogen-bond donors (Lipinski definition) is 2. The van der Waals surface area contributed by atoms with Gasteiger partial charge in [0.15, 0.2) is 0 Å². The highest BCUT2D eigenvalue weighted by molar-refractivity contribution is 5.81. The van der Waals surface area contributed by atoms with E-state index in [1.165, 1.54) is 0 Å². The Bertz CT molecular complexity index is 271. The molecule has 0 radical (unpaired) electrons. The molecule has 2 N–H and O–H groups in total. The van der Waals surface area contributed by atoms with Gasteiger partial charge in [-0.1, -0.05) is 5.21 Å². The van der Waals surface area contributed by atoms with Gasteiger partial charge in [-0.2, -0.15) is 0 Å². The Morgan fingerprint density at radius 2 is 2.43 bits per heavy atom. The molecule has 1 aromatic rings. The van der Waals surface area contributed by atoms with Crippen LogP contribution in [0.1, 0.15) is 6.92 Å². The zero-order valence-corrected chi connectivity index (χ0v) is 8.40. The number of nitrogens with zero attached hydrogens (tertiary/aromatic N) is 3. The van der Waals surface area contributed by atoms with Crippen LogP contribution in [0.5, 0.6) is 0 Å². The first kappa shape index (κ1) is 10.6. The Morgan fingerprint density at radius 3 is 3.00 bits per heavy atom. The van der Waals surface area contributed by atoms with Crippen molar-refractivity contribution in [3.63, 3.8) is 0 Å². The van der Waals surface area contributed by atoms with E-state index in [2.05, 4.69) is 20.9 Å². The Hall–Kier alpha value is -1.43. The first-order valence-electron chi connectivity index (χ1n) is 4.53. The number of amides is 1. The standard InChI is InChI=1S/C8H15N5O/c1-7(9-2)8(14)10-3-5-13-6-4-11-12-13/h4,6-7,9H,3,5H2,1-2H3,(H,10,14). The Balaban J connectivity index is 2.18. The minimum Gasteiger partial charge on any atom is -0.353 e. The minimum absolute atomic E-state index is 0.00684. The maximum absolute atomic E-state index is 11.3. The summed E-state index contributed by atoms with van der Waals surface area (Å²) in [5.74, 6) is -0.00684. The molecule has 1 aromatic heterocycles. The maximum Gasteiger partial charge on any atom is 0.236 e. The van der Waals surface area contributed by atoms with Crippen LogP contribution in [0.2, 0.25) is 0 Å². The van der Waals surface area contributed by atoms with Crippen LogP contribution in [0.4, 0.5) is 0 Å². The van der Waals surface area contributed by atoms with Crippen molar-refractivity contribution in [1.82, 2.24) is 25.6 Å². The number of aromatic nitrogens is 3. The fourth-order valence-electron chi connectivity index (χ4n) is 0.930. The summed E-state index contributed by atoms with van der Waals surface area (Å²) in [5.41, 5.74) is 0. The summed E-state index contributed by atoms with van der Waals surface area (Å²) in [7, 11) is 1.75. The second-order valence-electron chi connectivity index (χ2n) is 2.97. The molecule has 6 heteroatoms. The van der Waals surface area contributed by atoms with Crippen LogP contribution in [0.15, 0.2) is 12.4 Å². The van der Waals surface area contributed by atoms with Gasteiger partial charge in [0, 0.05) is 12.7 Å². The van der Waals surface area contributed by atoms with Crippen LogP contribution >= 0.6 is 0 Å². The highest BCUT2D eigenvalue weighted by Gasteiger charge is 2.08. The third-order valence-electron chi connectivity index (χ3n) is 1.94. The van der Waals surface area contributed by atoms with Crippen LogP contribution < -0.4 is 10.6 Å². The fraction of sp³-hybridized carbons (Fsp3) is 0.625. The maximum atomic E-state index is 11.3. The summed E-state index contributed by atoms with van der Waals surface area (Å²) in [6, 6.07) is -0.161. The van der Waals surface area contributed by atoms with Crippen molar-refractivity contribution in [1.29, 1.82) is 0 Å². The molecule has 1 rings (SSSR count). The Morgan fingerprint density at radius 1 is 1.64 bits per heavy atom. The summed E-state index contributed by atoms with van der Waals surface area (Å²) in [6.45, 7) is 3.02. The lowest BCUT2D eigenvalue weighted by Gasteiger charge is -2.10. The van der Waals surface area contributed by atoms with Crippen molar-refractivity contribution in [3.8, 4) is 0 Å². The highest BCUT2D eigenvalue weighted by Crippen LogP contribution is 1.82. The van der Waals surface area contributed by atoms with Crippen molar-refractivity contribution in [2.75, 3.05) is 13.6 Å². The summed E-state index contributed by atoms with van der Waals surface area (Å²) in [6.07, 6.45) is 3.37. The molecule has 0 saturated heterocycles. The fourth-order valence-corrected chi connectivity index (χ4v) is 0.930. The number of carbonyl (C=O) groups excluding carboxylic acids is 1. The lowest BCUT2D eigenvalue weighted by atomic mass is 10.3. The first-order valence-corrected chi connectivity index (χ1v) is 4.53. The summed E-state index contributed by atoms with van der Waals surface area (Å²) in [4.78, 5) is 11.3. The molecule has 0 bridgehead atoms. The van der Waals surface area contributed by atoms with Crippen molar-refractivity contribution in [2.45, 2.75) is 19.5 Å². The summed E-state index contributed by atoms with van der Waals surface area (Å²) >= 11 is 0. The van der Waals surface area contributed by atoms with Crippen molar-refractivity contribution in [2.24, 2.45) is 0 Å². The van der Waals surface area contributed by atoms with Gasteiger partial charge >= 0.3 is 0 Å². The molecular formula is C8H15N5O. The van der Waals surface area contributed by atoms with Gasteiger partial charge in [-0.15, -0.1) is 5.10 Å². The zero-order chi connectivity index (χ0) is 10.4. The molecule has 0 aliphatic heterocycles. The molecular weight excluding hydrogens is 182 g/mol. The number of hydrogen-bond acceptors (Lipinski definition) is 4. The molecule has 6 nitrogen and oxygen atoms in total. The number of nitrogens with one attached hydrogen (secondary N) is 2. The average molecular weight is 197 g/mol. The summed E-state index contributed by atoms with van der Waals surface area (Å²) in [5, 5.41) is 13.1. The molecule has 0 fully saturated rings. The minimum atomic E-state index is -0.161. The Kier molecular flexibility index (Phi) is 4.06. The predicted octanol–water partition coefficient (Wildman–Crippen LogP) is -0.998. The SMILES string of the molecule is CNC(C)C(=O)NCCn1ccnn1. The number of carbonyl (C=O) groups is 1. The molecule has 1 atom stereocenters. The molecule has 0 aliphatic carbocycles. The van der Waals surface area contributed by atoms with Gasteiger partial charge in [0.1, 0.15) is 0 Å². The van der Waals surface area contributed by atoms with Gasteiger partial charge in [-0.05, 0) is 14.0 Å². The van der Waals surface area contributed by atoms with Crippen molar-refractivity contribution < 1.29 is 4.79 Å². The van der Waals surface area contributed by atoms with E-state index in [1.54, 1.807) is 24.1 Å². The molecule has 78 valence electrons. The number of likely N-dealkylation sites (N-methyl/N-ethyl adjacent to an activating group) is 1. The smallest absolute Gasteiger partial charge is 0.236 e. The molecule has 0 aromatic carbocycles. The van der Waals surface area contributed by atoms with Gasteiger partial charge in [0.25, 0.3) is 0 Å². The van der Waals surface area contributed by atoms with E-state index in [-0.39, 0.29) is 11.9 Å². The van der Waals surface area contributed by atoms with E-state index in [0.29, 0.717) is 13.1 Å². The lowest BCUT2D eigenvalue weighted by molar-refractivity contribution is -0.122. The van der Waals surface area contributed by atoms with E-state index in [4.69, 9.17) is 0 Å². The van der Waals surface area contributed by atoms with Crippen molar-refractivity contribution in [3.05, 3.63) is 12.4 Å². The second-order valence-corrected chi connectivity index (χ2v) is 2.97. The molecule has 0 spiro atoms. The second kappa shape index (κ2) is 5.33. The van der Waals surface area contributed by atoms with Crippen LogP contribution in [0.3, 0.4) is 0 Å². The van der Waals surface area contributed by atoms with E-state index in [9.17, 15) is 4.79 Å². The molecule has 0 aliphatic rings. The van der Waals surface area contributed by atoms with Gasteiger partial charge in [0.05, 0.1) is 18.8 Å².